The lowest BCUT2D eigenvalue weighted by molar-refractivity contribution is 0.292. The second-order valence-corrected chi connectivity index (χ2v) is 6.82. The number of piperidine rings is 1. The summed E-state index contributed by atoms with van der Waals surface area (Å²) in [7, 11) is 0. The third-order valence-corrected chi connectivity index (χ3v) is 4.29. The summed E-state index contributed by atoms with van der Waals surface area (Å²) in [5.74, 6) is 1.87. The largest absolute Gasteiger partial charge is 0.356 e. The van der Waals surface area contributed by atoms with Gasteiger partial charge in [-0.25, -0.2) is 9.97 Å². The van der Waals surface area contributed by atoms with Gasteiger partial charge in [-0.1, -0.05) is 20.8 Å². The van der Waals surface area contributed by atoms with E-state index >= 15 is 0 Å². The second kappa shape index (κ2) is 6.03. The fourth-order valence-corrected chi connectivity index (χ4v) is 3.08. The Morgan fingerprint density at radius 3 is 2.64 bits per heavy atom. The highest BCUT2D eigenvalue weighted by Gasteiger charge is 2.27. The lowest BCUT2D eigenvalue weighted by Crippen LogP contribution is -2.40. The molecule has 0 radical (unpaired) electrons. The SMILES string of the molecule is CCc1cc(N2CCCC(C)(C)C2)nc(-c2ccncc2)n1. The van der Waals surface area contributed by atoms with Gasteiger partial charge in [0.2, 0.25) is 0 Å². The third-order valence-electron chi connectivity index (χ3n) is 4.29. The lowest BCUT2D eigenvalue weighted by Gasteiger charge is -2.38. The van der Waals surface area contributed by atoms with Gasteiger partial charge in [-0.3, -0.25) is 4.98 Å². The molecule has 1 fully saturated rings. The summed E-state index contributed by atoms with van der Waals surface area (Å²) < 4.78 is 0. The van der Waals surface area contributed by atoms with Crippen molar-refractivity contribution in [3.8, 4) is 11.4 Å². The zero-order valence-corrected chi connectivity index (χ0v) is 13.7. The summed E-state index contributed by atoms with van der Waals surface area (Å²) in [6, 6.07) is 6.09. The zero-order chi connectivity index (χ0) is 15.6. The molecule has 0 amide bonds. The first-order valence-electron chi connectivity index (χ1n) is 8.11. The Morgan fingerprint density at radius 1 is 1.18 bits per heavy atom. The van der Waals surface area contributed by atoms with E-state index in [1.54, 1.807) is 12.4 Å². The third kappa shape index (κ3) is 3.26. The quantitative estimate of drug-likeness (QED) is 0.865. The van der Waals surface area contributed by atoms with E-state index in [-0.39, 0.29) is 0 Å². The van der Waals surface area contributed by atoms with Crippen molar-refractivity contribution in [3.05, 3.63) is 36.3 Å². The first kappa shape index (κ1) is 14.9. The standard InChI is InChI=1S/C18H24N4/c1-4-15-12-16(22-11-5-8-18(2,3)13-22)21-17(20-15)14-6-9-19-10-7-14/h6-7,9-10,12H,4-5,8,11,13H2,1-3H3. The maximum atomic E-state index is 4.83. The summed E-state index contributed by atoms with van der Waals surface area (Å²) in [6.45, 7) is 8.96. The van der Waals surface area contributed by atoms with Crippen LogP contribution >= 0.6 is 0 Å². The number of rotatable bonds is 3. The van der Waals surface area contributed by atoms with Crippen molar-refractivity contribution in [1.82, 2.24) is 15.0 Å². The molecule has 2 aromatic rings. The molecule has 0 atom stereocenters. The van der Waals surface area contributed by atoms with Gasteiger partial charge in [-0.15, -0.1) is 0 Å². The van der Waals surface area contributed by atoms with Crippen LogP contribution in [0.1, 0.15) is 39.3 Å². The van der Waals surface area contributed by atoms with Crippen LogP contribution in [0.25, 0.3) is 11.4 Å². The number of aryl methyl sites for hydroxylation is 1. The van der Waals surface area contributed by atoms with Crippen molar-refractivity contribution in [2.75, 3.05) is 18.0 Å². The average molecular weight is 296 g/mol. The predicted octanol–water partition coefficient (Wildman–Crippen LogP) is 3.73. The number of aromatic nitrogens is 3. The molecule has 0 N–H and O–H groups in total. The molecule has 1 saturated heterocycles. The van der Waals surface area contributed by atoms with Gasteiger partial charge in [0.05, 0.1) is 0 Å². The minimum atomic E-state index is 0.354. The Bertz CT molecular complexity index is 637. The van der Waals surface area contributed by atoms with Crippen LogP contribution in [-0.4, -0.2) is 28.0 Å². The molecule has 4 nitrogen and oxygen atoms in total. The van der Waals surface area contributed by atoms with Crippen molar-refractivity contribution in [2.24, 2.45) is 5.41 Å². The van der Waals surface area contributed by atoms with Gasteiger partial charge in [0.25, 0.3) is 0 Å². The van der Waals surface area contributed by atoms with Crippen LogP contribution in [0.5, 0.6) is 0 Å². The van der Waals surface area contributed by atoms with Crippen LogP contribution < -0.4 is 4.90 Å². The molecule has 0 aliphatic carbocycles. The molecule has 116 valence electrons. The van der Waals surface area contributed by atoms with E-state index in [2.05, 4.69) is 41.7 Å². The summed E-state index contributed by atoms with van der Waals surface area (Å²) in [5.41, 5.74) is 2.48. The Labute approximate surface area is 132 Å². The van der Waals surface area contributed by atoms with Crippen molar-refractivity contribution >= 4 is 5.82 Å². The Morgan fingerprint density at radius 2 is 1.95 bits per heavy atom. The number of anilines is 1. The van der Waals surface area contributed by atoms with E-state index in [0.29, 0.717) is 5.41 Å². The van der Waals surface area contributed by atoms with Gasteiger partial charge in [-0.05, 0) is 36.8 Å². The first-order valence-corrected chi connectivity index (χ1v) is 8.11. The predicted molar refractivity (Wildman–Crippen MR) is 89.9 cm³/mol. The zero-order valence-electron chi connectivity index (χ0n) is 13.7. The monoisotopic (exact) mass is 296 g/mol. The van der Waals surface area contributed by atoms with Crippen molar-refractivity contribution in [1.29, 1.82) is 0 Å². The van der Waals surface area contributed by atoms with Gasteiger partial charge >= 0.3 is 0 Å². The Kier molecular flexibility index (Phi) is 4.10. The van der Waals surface area contributed by atoms with Crippen molar-refractivity contribution in [3.63, 3.8) is 0 Å². The second-order valence-electron chi connectivity index (χ2n) is 6.82. The van der Waals surface area contributed by atoms with Crippen LogP contribution in [0.2, 0.25) is 0 Å². The molecule has 0 spiro atoms. The summed E-state index contributed by atoms with van der Waals surface area (Å²) in [4.78, 5) is 16.0. The fourth-order valence-electron chi connectivity index (χ4n) is 3.08. The summed E-state index contributed by atoms with van der Waals surface area (Å²) >= 11 is 0. The van der Waals surface area contributed by atoms with Gasteiger partial charge in [0, 0.05) is 42.8 Å². The van der Waals surface area contributed by atoms with Crippen LogP contribution in [0.4, 0.5) is 5.82 Å². The molecule has 3 rings (SSSR count). The fraction of sp³-hybridized carbons (Fsp3) is 0.500. The molecule has 1 aliphatic rings. The molecule has 3 heterocycles. The van der Waals surface area contributed by atoms with Crippen molar-refractivity contribution in [2.45, 2.75) is 40.0 Å². The summed E-state index contributed by atoms with van der Waals surface area (Å²) in [5, 5.41) is 0. The molecule has 1 aliphatic heterocycles. The van der Waals surface area contributed by atoms with Gasteiger partial charge in [0.1, 0.15) is 5.82 Å². The van der Waals surface area contributed by atoms with Gasteiger partial charge < -0.3 is 4.90 Å². The minimum Gasteiger partial charge on any atom is -0.356 e. The molecular formula is C18H24N4. The molecule has 0 aromatic carbocycles. The molecule has 4 heteroatoms. The Hall–Kier alpha value is -1.97. The number of nitrogens with zero attached hydrogens (tertiary/aromatic N) is 4. The van der Waals surface area contributed by atoms with E-state index in [1.165, 1.54) is 12.8 Å². The topological polar surface area (TPSA) is 41.9 Å². The Balaban J connectivity index is 1.97. The maximum Gasteiger partial charge on any atom is 0.161 e. The van der Waals surface area contributed by atoms with Crippen molar-refractivity contribution < 1.29 is 0 Å². The van der Waals surface area contributed by atoms with Crippen LogP contribution in [-0.2, 0) is 6.42 Å². The first-order chi connectivity index (χ1) is 10.6. The lowest BCUT2D eigenvalue weighted by atomic mass is 9.84. The minimum absolute atomic E-state index is 0.354. The number of hydrogen-bond donors (Lipinski definition) is 0. The molecular weight excluding hydrogens is 272 g/mol. The van der Waals surface area contributed by atoms with E-state index in [4.69, 9.17) is 4.98 Å². The number of hydrogen-bond acceptors (Lipinski definition) is 4. The maximum absolute atomic E-state index is 4.83. The smallest absolute Gasteiger partial charge is 0.161 e. The molecule has 0 saturated carbocycles. The van der Waals surface area contributed by atoms with E-state index in [0.717, 1.165) is 42.4 Å². The summed E-state index contributed by atoms with van der Waals surface area (Å²) in [6.07, 6.45) is 7.02. The highest BCUT2D eigenvalue weighted by molar-refractivity contribution is 5.57. The van der Waals surface area contributed by atoms with E-state index < -0.39 is 0 Å². The van der Waals surface area contributed by atoms with Crippen LogP contribution in [0, 0.1) is 5.41 Å². The molecule has 0 unspecified atom stereocenters. The molecule has 0 bridgehead atoms. The van der Waals surface area contributed by atoms with Crippen LogP contribution in [0.3, 0.4) is 0 Å². The average Bonchev–Trinajstić information content (AvgIpc) is 2.54. The van der Waals surface area contributed by atoms with E-state index in [9.17, 15) is 0 Å². The van der Waals surface area contributed by atoms with Gasteiger partial charge in [0.15, 0.2) is 5.82 Å². The molecule has 2 aromatic heterocycles. The normalized spacial score (nSPS) is 17.5. The highest BCUT2D eigenvalue weighted by Crippen LogP contribution is 2.31. The van der Waals surface area contributed by atoms with E-state index in [1.807, 2.05) is 12.1 Å². The number of pyridine rings is 1. The van der Waals surface area contributed by atoms with Crippen LogP contribution in [0.15, 0.2) is 30.6 Å². The molecule has 22 heavy (non-hydrogen) atoms. The van der Waals surface area contributed by atoms with Gasteiger partial charge in [-0.2, -0.15) is 0 Å². The highest BCUT2D eigenvalue weighted by atomic mass is 15.2.